The standard InChI is InChI=1S/C16H23N/c1-17-16(11-12-16)13-15(9-5-6-10-15)14-7-3-2-4-8-14/h2-4,7-8,17H,5-6,9-13H2,1H3. The van der Waals surface area contributed by atoms with E-state index in [1.54, 1.807) is 5.56 Å². The van der Waals surface area contributed by atoms with E-state index in [9.17, 15) is 0 Å². The molecule has 1 aromatic rings. The lowest BCUT2D eigenvalue weighted by molar-refractivity contribution is 0.329. The quantitative estimate of drug-likeness (QED) is 0.831. The smallest absolute Gasteiger partial charge is 0.0188 e. The summed E-state index contributed by atoms with van der Waals surface area (Å²) in [6.07, 6.45) is 9.70. The van der Waals surface area contributed by atoms with Crippen molar-refractivity contribution in [1.82, 2.24) is 5.32 Å². The third kappa shape index (κ3) is 2.01. The van der Waals surface area contributed by atoms with Crippen molar-refractivity contribution in [3.05, 3.63) is 35.9 Å². The normalized spacial score (nSPS) is 24.8. The van der Waals surface area contributed by atoms with Gasteiger partial charge in [-0.05, 0) is 50.1 Å². The Bertz CT molecular complexity index is 372. The Morgan fingerprint density at radius 3 is 2.18 bits per heavy atom. The number of rotatable bonds is 4. The number of hydrogen-bond donors (Lipinski definition) is 1. The summed E-state index contributed by atoms with van der Waals surface area (Å²) in [5.74, 6) is 0. The summed E-state index contributed by atoms with van der Waals surface area (Å²) in [6.45, 7) is 0. The maximum atomic E-state index is 3.57. The SMILES string of the molecule is CNC1(CC2(c3ccccc3)CCCC2)CC1. The monoisotopic (exact) mass is 229 g/mol. The predicted octanol–water partition coefficient (Wildman–Crippen LogP) is 3.64. The number of nitrogens with one attached hydrogen (secondary N) is 1. The molecule has 2 aliphatic carbocycles. The predicted molar refractivity (Wildman–Crippen MR) is 72.2 cm³/mol. The zero-order valence-electron chi connectivity index (χ0n) is 10.8. The minimum Gasteiger partial charge on any atom is -0.314 e. The van der Waals surface area contributed by atoms with Crippen LogP contribution in [0, 0.1) is 0 Å². The van der Waals surface area contributed by atoms with Gasteiger partial charge in [0.25, 0.3) is 0 Å². The molecule has 0 spiro atoms. The second-order valence-electron chi connectivity index (χ2n) is 6.06. The van der Waals surface area contributed by atoms with Gasteiger partial charge < -0.3 is 5.32 Å². The highest BCUT2D eigenvalue weighted by Gasteiger charge is 2.49. The van der Waals surface area contributed by atoms with E-state index >= 15 is 0 Å². The van der Waals surface area contributed by atoms with Crippen molar-refractivity contribution < 1.29 is 0 Å². The third-order valence-electron chi connectivity index (χ3n) is 5.01. The molecule has 0 unspecified atom stereocenters. The molecule has 1 N–H and O–H groups in total. The van der Waals surface area contributed by atoms with Gasteiger partial charge in [0, 0.05) is 5.54 Å². The van der Waals surface area contributed by atoms with Crippen LogP contribution in [0.3, 0.4) is 0 Å². The molecule has 17 heavy (non-hydrogen) atoms. The second kappa shape index (κ2) is 4.13. The van der Waals surface area contributed by atoms with Crippen LogP contribution in [0.4, 0.5) is 0 Å². The molecule has 0 radical (unpaired) electrons. The van der Waals surface area contributed by atoms with E-state index in [1.165, 1.54) is 44.9 Å². The lowest BCUT2D eigenvalue weighted by Crippen LogP contribution is -2.37. The molecule has 2 saturated carbocycles. The van der Waals surface area contributed by atoms with Gasteiger partial charge in [-0.2, -0.15) is 0 Å². The second-order valence-corrected chi connectivity index (χ2v) is 6.06. The van der Waals surface area contributed by atoms with Crippen LogP contribution < -0.4 is 5.32 Å². The Kier molecular flexibility index (Phi) is 2.74. The van der Waals surface area contributed by atoms with Crippen LogP contribution in [0.1, 0.15) is 50.5 Å². The molecule has 0 saturated heterocycles. The Hall–Kier alpha value is -0.820. The largest absolute Gasteiger partial charge is 0.314 e. The molecular formula is C16H23N. The highest BCUT2D eigenvalue weighted by molar-refractivity contribution is 5.29. The molecule has 2 fully saturated rings. The molecule has 1 aromatic carbocycles. The van der Waals surface area contributed by atoms with Crippen molar-refractivity contribution in [2.75, 3.05) is 7.05 Å². The summed E-state index contributed by atoms with van der Waals surface area (Å²) in [5.41, 5.74) is 2.53. The summed E-state index contributed by atoms with van der Waals surface area (Å²) < 4.78 is 0. The zero-order valence-corrected chi connectivity index (χ0v) is 10.8. The van der Waals surface area contributed by atoms with Crippen molar-refractivity contribution in [3.63, 3.8) is 0 Å². The van der Waals surface area contributed by atoms with E-state index in [1.807, 2.05) is 0 Å². The Morgan fingerprint density at radius 1 is 1.00 bits per heavy atom. The van der Waals surface area contributed by atoms with E-state index in [2.05, 4.69) is 42.7 Å². The fourth-order valence-corrected chi connectivity index (χ4v) is 3.72. The number of hydrogen-bond acceptors (Lipinski definition) is 1. The average molecular weight is 229 g/mol. The molecular weight excluding hydrogens is 206 g/mol. The van der Waals surface area contributed by atoms with Crippen LogP contribution in [0.15, 0.2) is 30.3 Å². The van der Waals surface area contributed by atoms with Gasteiger partial charge in [0.05, 0.1) is 0 Å². The minimum absolute atomic E-state index is 0.472. The van der Waals surface area contributed by atoms with E-state index in [0.717, 1.165) is 0 Å². The molecule has 0 bridgehead atoms. The average Bonchev–Trinajstić information content (AvgIpc) is 2.99. The van der Waals surface area contributed by atoms with Crippen LogP contribution >= 0.6 is 0 Å². The highest BCUT2D eigenvalue weighted by atomic mass is 15.0. The van der Waals surface area contributed by atoms with Crippen molar-refractivity contribution in [1.29, 1.82) is 0 Å². The van der Waals surface area contributed by atoms with Gasteiger partial charge in [0.15, 0.2) is 0 Å². The molecule has 0 atom stereocenters. The zero-order chi connectivity index (χ0) is 11.8. The van der Waals surface area contributed by atoms with Crippen molar-refractivity contribution in [2.24, 2.45) is 0 Å². The first-order valence-corrected chi connectivity index (χ1v) is 7.03. The molecule has 0 aliphatic heterocycles. The van der Waals surface area contributed by atoms with Gasteiger partial charge in [0.2, 0.25) is 0 Å². The molecule has 0 amide bonds. The van der Waals surface area contributed by atoms with Gasteiger partial charge in [-0.1, -0.05) is 43.2 Å². The molecule has 1 heteroatoms. The molecule has 2 aliphatic rings. The summed E-state index contributed by atoms with van der Waals surface area (Å²) >= 11 is 0. The summed E-state index contributed by atoms with van der Waals surface area (Å²) in [5, 5.41) is 3.57. The van der Waals surface area contributed by atoms with E-state index < -0.39 is 0 Å². The van der Waals surface area contributed by atoms with Gasteiger partial charge in [0.1, 0.15) is 0 Å². The minimum atomic E-state index is 0.472. The maximum absolute atomic E-state index is 3.57. The lowest BCUT2D eigenvalue weighted by Gasteiger charge is -2.34. The first-order valence-electron chi connectivity index (χ1n) is 7.03. The van der Waals surface area contributed by atoms with Gasteiger partial charge in [-0.25, -0.2) is 0 Å². The van der Waals surface area contributed by atoms with E-state index in [4.69, 9.17) is 0 Å². The topological polar surface area (TPSA) is 12.0 Å². The lowest BCUT2D eigenvalue weighted by atomic mass is 9.73. The Labute approximate surface area is 105 Å². The van der Waals surface area contributed by atoms with Crippen LogP contribution in [-0.2, 0) is 5.41 Å². The van der Waals surface area contributed by atoms with E-state index in [0.29, 0.717) is 11.0 Å². The van der Waals surface area contributed by atoms with Crippen LogP contribution in [0.5, 0.6) is 0 Å². The molecule has 92 valence electrons. The van der Waals surface area contributed by atoms with Crippen molar-refractivity contribution in [3.8, 4) is 0 Å². The Morgan fingerprint density at radius 2 is 1.65 bits per heavy atom. The summed E-state index contributed by atoms with van der Waals surface area (Å²) in [6, 6.07) is 11.2. The first-order chi connectivity index (χ1) is 8.29. The van der Waals surface area contributed by atoms with Crippen molar-refractivity contribution >= 4 is 0 Å². The van der Waals surface area contributed by atoms with Gasteiger partial charge in [-0.3, -0.25) is 0 Å². The van der Waals surface area contributed by atoms with Gasteiger partial charge >= 0.3 is 0 Å². The first kappa shape index (κ1) is 11.3. The summed E-state index contributed by atoms with van der Waals surface area (Å²) in [7, 11) is 2.14. The van der Waals surface area contributed by atoms with Crippen molar-refractivity contribution in [2.45, 2.75) is 55.9 Å². The fourth-order valence-electron chi connectivity index (χ4n) is 3.72. The molecule has 0 aromatic heterocycles. The van der Waals surface area contributed by atoms with Gasteiger partial charge in [-0.15, -0.1) is 0 Å². The third-order valence-corrected chi connectivity index (χ3v) is 5.01. The highest BCUT2D eigenvalue weighted by Crippen LogP contribution is 2.52. The molecule has 1 nitrogen and oxygen atoms in total. The van der Waals surface area contributed by atoms with Crippen LogP contribution in [0.25, 0.3) is 0 Å². The van der Waals surface area contributed by atoms with E-state index in [-0.39, 0.29) is 0 Å². The maximum Gasteiger partial charge on any atom is 0.0188 e. The molecule has 0 heterocycles. The summed E-state index contributed by atoms with van der Waals surface area (Å²) in [4.78, 5) is 0. The Balaban J connectivity index is 1.88. The molecule has 3 rings (SSSR count). The number of benzene rings is 1. The van der Waals surface area contributed by atoms with Crippen LogP contribution in [-0.4, -0.2) is 12.6 Å². The van der Waals surface area contributed by atoms with Crippen LogP contribution in [0.2, 0.25) is 0 Å². The fraction of sp³-hybridized carbons (Fsp3) is 0.625.